The molecule has 0 saturated heterocycles. The first kappa shape index (κ1) is 15.6. The van der Waals surface area contributed by atoms with E-state index in [0.717, 1.165) is 26.9 Å². The third-order valence-electron chi connectivity index (χ3n) is 3.53. The smallest absolute Gasteiger partial charge is 0.183 e. The molecule has 2 rings (SSSR count). The van der Waals surface area contributed by atoms with Crippen LogP contribution in [-0.4, -0.2) is 11.5 Å². The molecule has 0 radical (unpaired) electrons. The summed E-state index contributed by atoms with van der Waals surface area (Å²) in [6.07, 6.45) is 5.16. The molecular formula is C16H23ClN2S. The van der Waals surface area contributed by atoms with Gasteiger partial charge in [-0.3, -0.25) is 0 Å². The molecule has 110 valence electrons. The second-order valence-electron chi connectivity index (χ2n) is 6.11. The Balaban J connectivity index is 1.94. The van der Waals surface area contributed by atoms with Gasteiger partial charge in [0.1, 0.15) is 0 Å². The van der Waals surface area contributed by atoms with Gasteiger partial charge < -0.3 is 5.32 Å². The zero-order valence-corrected chi connectivity index (χ0v) is 14.1. The first-order chi connectivity index (χ1) is 9.50. The molecule has 0 amide bonds. The van der Waals surface area contributed by atoms with Gasteiger partial charge in [0, 0.05) is 11.6 Å². The van der Waals surface area contributed by atoms with Crippen LogP contribution in [0.3, 0.4) is 0 Å². The molecule has 0 aliphatic heterocycles. The molecule has 2 aromatic rings. The lowest BCUT2D eigenvalue weighted by Crippen LogP contribution is -2.22. The molecular weight excluding hydrogens is 288 g/mol. The SMILES string of the molecule is CCCCCC(C)(C)CNc1nc2ccc(Cl)cc2s1. The average Bonchev–Trinajstić information content (AvgIpc) is 2.79. The number of thiazole rings is 1. The summed E-state index contributed by atoms with van der Waals surface area (Å²) >= 11 is 7.68. The molecule has 2 nitrogen and oxygen atoms in total. The van der Waals surface area contributed by atoms with Crippen molar-refractivity contribution in [1.29, 1.82) is 0 Å². The minimum atomic E-state index is 0.310. The molecule has 1 N–H and O–H groups in total. The maximum absolute atomic E-state index is 6.01. The summed E-state index contributed by atoms with van der Waals surface area (Å²) in [5.74, 6) is 0. The summed E-state index contributed by atoms with van der Waals surface area (Å²) in [5, 5.41) is 5.25. The Hall–Kier alpha value is -0.800. The largest absolute Gasteiger partial charge is 0.361 e. The van der Waals surface area contributed by atoms with Crippen molar-refractivity contribution in [3.8, 4) is 0 Å². The maximum atomic E-state index is 6.01. The summed E-state index contributed by atoms with van der Waals surface area (Å²) in [6, 6.07) is 5.85. The van der Waals surface area contributed by atoms with Crippen LogP contribution in [0.4, 0.5) is 5.13 Å². The van der Waals surface area contributed by atoms with Gasteiger partial charge in [0.15, 0.2) is 5.13 Å². The third-order valence-corrected chi connectivity index (χ3v) is 4.74. The first-order valence-corrected chi connectivity index (χ1v) is 8.49. The van der Waals surface area contributed by atoms with Gasteiger partial charge in [-0.2, -0.15) is 0 Å². The molecule has 0 aliphatic rings. The Labute approximate surface area is 130 Å². The van der Waals surface area contributed by atoms with Crippen LogP contribution in [0.5, 0.6) is 0 Å². The van der Waals surface area contributed by atoms with Crippen LogP contribution in [-0.2, 0) is 0 Å². The summed E-state index contributed by atoms with van der Waals surface area (Å²) in [5.41, 5.74) is 1.33. The number of hydrogen-bond donors (Lipinski definition) is 1. The van der Waals surface area contributed by atoms with E-state index in [0.29, 0.717) is 5.41 Å². The zero-order valence-electron chi connectivity index (χ0n) is 12.5. The summed E-state index contributed by atoms with van der Waals surface area (Å²) in [6.45, 7) is 7.85. The predicted molar refractivity (Wildman–Crippen MR) is 91.0 cm³/mol. The topological polar surface area (TPSA) is 24.9 Å². The summed E-state index contributed by atoms with van der Waals surface area (Å²) < 4.78 is 1.14. The number of anilines is 1. The highest BCUT2D eigenvalue weighted by Gasteiger charge is 2.17. The van der Waals surface area contributed by atoms with E-state index in [1.165, 1.54) is 25.7 Å². The monoisotopic (exact) mass is 310 g/mol. The van der Waals surface area contributed by atoms with E-state index in [2.05, 4.69) is 31.1 Å². The molecule has 0 spiro atoms. The van der Waals surface area contributed by atoms with Crippen LogP contribution in [0.1, 0.15) is 46.5 Å². The number of fused-ring (bicyclic) bond motifs is 1. The molecule has 0 aliphatic carbocycles. The minimum Gasteiger partial charge on any atom is -0.361 e. The Morgan fingerprint density at radius 3 is 2.85 bits per heavy atom. The molecule has 0 unspecified atom stereocenters. The molecule has 1 aromatic heterocycles. The number of hydrogen-bond acceptors (Lipinski definition) is 3. The Morgan fingerprint density at radius 2 is 2.10 bits per heavy atom. The maximum Gasteiger partial charge on any atom is 0.183 e. The van der Waals surface area contributed by atoms with Gasteiger partial charge in [0.2, 0.25) is 0 Å². The van der Waals surface area contributed by atoms with E-state index in [9.17, 15) is 0 Å². The van der Waals surface area contributed by atoms with Crippen LogP contribution in [0.15, 0.2) is 18.2 Å². The normalized spacial score (nSPS) is 12.0. The van der Waals surface area contributed by atoms with Gasteiger partial charge in [-0.05, 0) is 30.0 Å². The molecule has 0 fully saturated rings. The van der Waals surface area contributed by atoms with Gasteiger partial charge >= 0.3 is 0 Å². The standard InChI is InChI=1S/C16H23ClN2S/c1-4-5-6-9-16(2,3)11-18-15-19-13-8-7-12(17)10-14(13)20-15/h7-8,10H,4-6,9,11H2,1-3H3,(H,18,19). The van der Waals surface area contributed by atoms with Crippen LogP contribution in [0.25, 0.3) is 10.2 Å². The Morgan fingerprint density at radius 1 is 1.30 bits per heavy atom. The van der Waals surface area contributed by atoms with Crippen molar-refractivity contribution in [2.24, 2.45) is 5.41 Å². The van der Waals surface area contributed by atoms with Crippen molar-refractivity contribution in [3.63, 3.8) is 0 Å². The minimum absolute atomic E-state index is 0.310. The molecule has 1 aromatic carbocycles. The highest BCUT2D eigenvalue weighted by atomic mass is 35.5. The van der Waals surface area contributed by atoms with E-state index >= 15 is 0 Å². The fraction of sp³-hybridized carbons (Fsp3) is 0.562. The predicted octanol–water partition coefficient (Wildman–Crippen LogP) is 5.97. The Bertz CT molecular complexity index is 563. The van der Waals surface area contributed by atoms with E-state index in [1.54, 1.807) is 11.3 Å². The summed E-state index contributed by atoms with van der Waals surface area (Å²) in [4.78, 5) is 4.60. The highest BCUT2D eigenvalue weighted by molar-refractivity contribution is 7.22. The van der Waals surface area contributed by atoms with Gasteiger partial charge in [0.25, 0.3) is 0 Å². The number of halogens is 1. The lowest BCUT2D eigenvalue weighted by atomic mass is 9.87. The molecule has 1 heterocycles. The zero-order chi connectivity index (χ0) is 14.6. The fourth-order valence-corrected chi connectivity index (χ4v) is 3.37. The number of benzene rings is 1. The average molecular weight is 311 g/mol. The number of rotatable bonds is 7. The fourth-order valence-electron chi connectivity index (χ4n) is 2.23. The van der Waals surface area contributed by atoms with E-state index in [4.69, 9.17) is 11.6 Å². The lowest BCUT2D eigenvalue weighted by Gasteiger charge is -2.24. The molecule has 4 heteroatoms. The van der Waals surface area contributed by atoms with Crippen LogP contribution in [0.2, 0.25) is 5.02 Å². The van der Waals surface area contributed by atoms with Crippen LogP contribution in [0, 0.1) is 5.41 Å². The van der Waals surface area contributed by atoms with Crippen molar-refractivity contribution in [2.75, 3.05) is 11.9 Å². The first-order valence-electron chi connectivity index (χ1n) is 7.30. The Kier molecular flexibility index (Phi) is 5.28. The number of unbranched alkanes of at least 4 members (excludes halogenated alkanes) is 2. The van der Waals surface area contributed by atoms with Crippen molar-refractivity contribution in [2.45, 2.75) is 46.5 Å². The number of nitrogens with one attached hydrogen (secondary N) is 1. The van der Waals surface area contributed by atoms with Gasteiger partial charge in [0.05, 0.1) is 10.2 Å². The van der Waals surface area contributed by atoms with E-state index in [1.807, 2.05) is 18.2 Å². The van der Waals surface area contributed by atoms with Crippen molar-refractivity contribution < 1.29 is 0 Å². The molecule has 0 atom stereocenters. The van der Waals surface area contributed by atoms with Gasteiger partial charge in [-0.1, -0.05) is 63.0 Å². The summed E-state index contributed by atoms with van der Waals surface area (Å²) in [7, 11) is 0. The van der Waals surface area contributed by atoms with Crippen molar-refractivity contribution in [1.82, 2.24) is 4.98 Å². The van der Waals surface area contributed by atoms with E-state index in [-0.39, 0.29) is 0 Å². The molecule has 0 saturated carbocycles. The van der Waals surface area contributed by atoms with E-state index < -0.39 is 0 Å². The second-order valence-corrected chi connectivity index (χ2v) is 7.57. The third kappa shape index (κ3) is 4.35. The molecule has 20 heavy (non-hydrogen) atoms. The number of nitrogens with zero attached hydrogens (tertiary/aromatic N) is 1. The van der Waals surface area contributed by atoms with Gasteiger partial charge in [-0.15, -0.1) is 0 Å². The second kappa shape index (κ2) is 6.77. The van der Waals surface area contributed by atoms with Crippen LogP contribution < -0.4 is 5.32 Å². The quantitative estimate of drug-likeness (QED) is 0.637. The van der Waals surface area contributed by atoms with Crippen molar-refractivity contribution in [3.05, 3.63) is 23.2 Å². The highest BCUT2D eigenvalue weighted by Crippen LogP contribution is 2.30. The van der Waals surface area contributed by atoms with Crippen molar-refractivity contribution >= 4 is 38.3 Å². The lowest BCUT2D eigenvalue weighted by molar-refractivity contribution is 0.342. The van der Waals surface area contributed by atoms with Crippen LogP contribution >= 0.6 is 22.9 Å². The van der Waals surface area contributed by atoms with Gasteiger partial charge in [-0.25, -0.2) is 4.98 Å². The molecule has 0 bridgehead atoms. The number of aromatic nitrogens is 1.